The van der Waals surface area contributed by atoms with E-state index in [1.54, 1.807) is 24.3 Å². The molecule has 3 aromatic rings. The number of benzene rings is 3. The normalized spacial score (nSPS) is 10.6. The molecule has 0 spiro atoms. The molecule has 3 rings (SSSR count). The number of carbonyl (C=O) groups is 1. The Labute approximate surface area is 180 Å². The quantitative estimate of drug-likeness (QED) is 0.365. The fraction of sp³-hybridized carbons (Fsp3) is 0.0952. The Kier molecular flexibility index (Phi) is 6.66. The standard InChI is InChI=1S/C21H15ClF2N2O5/c1-30-15-6-2-12(3-7-15)17-11-14(5-9-19(17)31-21(23)24)25-20(27)16-8-4-13(22)10-18(16)26(28)29/h2-11,21H,1H3,(H,25,27). The molecule has 0 atom stereocenters. The van der Waals surface area contributed by atoms with E-state index < -0.39 is 23.1 Å². The fourth-order valence-corrected chi connectivity index (χ4v) is 3.02. The third kappa shape index (κ3) is 5.26. The van der Waals surface area contributed by atoms with Crippen molar-refractivity contribution in [3.63, 3.8) is 0 Å². The predicted octanol–water partition coefficient (Wildman–Crippen LogP) is 5.78. The Morgan fingerprint density at radius 3 is 2.42 bits per heavy atom. The minimum absolute atomic E-state index is 0.101. The first-order valence-electron chi connectivity index (χ1n) is 8.77. The molecule has 0 heterocycles. The summed E-state index contributed by atoms with van der Waals surface area (Å²) in [5.74, 6) is -0.290. The Morgan fingerprint density at radius 1 is 1.10 bits per heavy atom. The van der Waals surface area contributed by atoms with Crippen molar-refractivity contribution in [1.82, 2.24) is 0 Å². The summed E-state index contributed by atoms with van der Waals surface area (Å²) in [5.41, 5.74) is 0.379. The van der Waals surface area contributed by atoms with Gasteiger partial charge in [0.1, 0.15) is 17.1 Å². The van der Waals surface area contributed by atoms with Gasteiger partial charge in [0, 0.05) is 22.3 Å². The third-order valence-electron chi connectivity index (χ3n) is 4.26. The van der Waals surface area contributed by atoms with Crippen LogP contribution < -0.4 is 14.8 Å². The molecule has 0 aliphatic rings. The molecule has 0 saturated heterocycles. The number of rotatable bonds is 7. The van der Waals surface area contributed by atoms with E-state index in [0.29, 0.717) is 11.3 Å². The van der Waals surface area contributed by atoms with E-state index in [1.807, 2.05) is 0 Å². The summed E-state index contributed by atoms with van der Waals surface area (Å²) in [7, 11) is 1.49. The predicted molar refractivity (Wildman–Crippen MR) is 111 cm³/mol. The molecule has 10 heteroatoms. The van der Waals surface area contributed by atoms with Crippen molar-refractivity contribution in [3.05, 3.63) is 81.4 Å². The summed E-state index contributed by atoms with van der Waals surface area (Å²) in [6.07, 6.45) is 0. The van der Waals surface area contributed by atoms with Crippen LogP contribution in [0.15, 0.2) is 60.7 Å². The summed E-state index contributed by atoms with van der Waals surface area (Å²) >= 11 is 5.77. The monoisotopic (exact) mass is 448 g/mol. The van der Waals surface area contributed by atoms with E-state index in [4.69, 9.17) is 16.3 Å². The number of hydrogen-bond donors (Lipinski definition) is 1. The van der Waals surface area contributed by atoms with Gasteiger partial charge in [-0.15, -0.1) is 0 Å². The molecule has 1 N–H and O–H groups in total. The third-order valence-corrected chi connectivity index (χ3v) is 4.49. The number of anilines is 1. The van der Waals surface area contributed by atoms with Crippen LogP contribution >= 0.6 is 11.6 Å². The van der Waals surface area contributed by atoms with E-state index in [-0.39, 0.29) is 27.6 Å². The maximum Gasteiger partial charge on any atom is 0.387 e. The minimum atomic E-state index is -3.05. The molecule has 3 aromatic carbocycles. The number of ether oxygens (including phenoxy) is 2. The maximum absolute atomic E-state index is 12.8. The molecule has 160 valence electrons. The van der Waals surface area contributed by atoms with Crippen molar-refractivity contribution in [2.45, 2.75) is 6.61 Å². The first-order valence-corrected chi connectivity index (χ1v) is 9.15. The second-order valence-corrected chi connectivity index (χ2v) is 6.63. The van der Waals surface area contributed by atoms with Crippen LogP contribution in [-0.2, 0) is 0 Å². The van der Waals surface area contributed by atoms with Gasteiger partial charge in [0.15, 0.2) is 0 Å². The van der Waals surface area contributed by atoms with Crippen LogP contribution in [-0.4, -0.2) is 24.6 Å². The largest absolute Gasteiger partial charge is 0.497 e. The summed E-state index contributed by atoms with van der Waals surface area (Å²) in [6.45, 7) is -3.05. The van der Waals surface area contributed by atoms with Gasteiger partial charge < -0.3 is 14.8 Å². The van der Waals surface area contributed by atoms with Crippen LogP contribution in [0.1, 0.15) is 10.4 Å². The van der Waals surface area contributed by atoms with Crippen molar-refractivity contribution in [3.8, 4) is 22.6 Å². The van der Waals surface area contributed by atoms with Gasteiger partial charge in [0.05, 0.1) is 12.0 Å². The van der Waals surface area contributed by atoms with Gasteiger partial charge in [-0.2, -0.15) is 8.78 Å². The number of hydrogen-bond acceptors (Lipinski definition) is 5. The molecule has 0 aliphatic heterocycles. The molecule has 0 fully saturated rings. The lowest BCUT2D eigenvalue weighted by atomic mass is 10.0. The molecule has 7 nitrogen and oxygen atoms in total. The first-order chi connectivity index (χ1) is 14.8. The number of nitro groups is 1. The summed E-state index contributed by atoms with van der Waals surface area (Å²) in [6, 6.07) is 14.3. The molecule has 0 aliphatic carbocycles. The molecule has 1 amide bonds. The van der Waals surface area contributed by atoms with Crippen molar-refractivity contribution in [1.29, 1.82) is 0 Å². The highest BCUT2D eigenvalue weighted by Gasteiger charge is 2.21. The van der Waals surface area contributed by atoms with Gasteiger partial charge in [-0.05, 0) is 48.0 Å². The molecule has 0 radical (unpaired) electrons. The number of nitro benzene ring substituents is 1. The molecular formula is C21H15ClF2N2O5. The topological polar surface area (TPSA) is 90.7 Å². The second-order valence-electron chi connectivity index (χ2n) is 6.19. The average molecular weight is 449 g/mol. The summed E-state index contributed by atoms with van der Waals surface area (Å²) in [4.78, 5) is 23.1. The number of alkyl halides is 2. The highest BCUT2D eigenvalue weighted by Crippen LogP contribution is 2.35. The van der Waals surface area contributed by atoms with E-state index in [1.165, 1.54) is 37.4 Å². The highest BCUT2D eigenvalue weighted by atomic mass is 35.5. The van der Waals surface area contributed by atoms with Crippen LogP contribution in [0.2, 0.25) is 5.02 Å². The van der Waals surface area contributed by atoms with Gasteiger partial charge in [0.25, 0.3) is 11.6 Å². The van der Waals surface area contributed by atoms with Crippen molar-refractivity contribution >= 4 is 28.9 Å². The van der Waals surface area contributed by atoms with Gasteiger partial charge in [-0.3, -0.25) is 14.9 Å². The molecule has 0 bridgehead atoms. The first kappa shape index (κ1) is 22.0. The Morgan fingerprint density at radius 2 is 1.81 bits per heavy atom. The van der Waals surface area contributed by atoms with Crippen molar-refractivity contribution in [2.24, 2.45) is 0 Å². The van der Waals surface area contributed by atoms with Crippen molar-refractivity contribution < 1.29 is 28.0 Å². The Hall–Kier alpha value is -3.72. The lowest BCUT2D eigenvalue weighted by molar-refractivity contribution is -0.385. The smallest absolute Gasteiger partial charge is 0.387 e. The van der Waals surface area contributed by atoms with Gasteiger partial charge in [-0.25, -0.2) is 0 Å². The summed E-state index contributed by atoms with van der Waals surface area (Å²) < 4.78 is 35.3. The SMILES string of the molecule is COc1ccc(-c2cc(NC(=O)c3ccc(Cl)cc3[N+](=O)[O-])ccc2OC(F)F)cc1. The Balaban J connectivity index is 1.97. The summed E-state index contributed by atoms with van der Waals surface area (Å²) in [5, 5.41) is 13.9. The van der Waals surface area contributed by atoms with Gasteiger partial charge in [0.2, 0.25) is 0 Å². The molecular weight excluding hydrogens is 434 g/mol. The molecule has 0 aromatic heterocycles. The van der Waals surface area contributed by atoms with E-state index in [9.17, 15) is 23.7 Å². The zero-order valence-electron chi connectivity index (χ0n) is 16.0. The number of nitrogens with one attached hydrogen (secondary N) is 1. The maximum atomic E-state index is 12.8. The lowest BCUT2D eigenvalue weighted by Crippen LogP contribution is -2.14. The van der Waals surface area contributed by atoms with E-state index >= 15 is 0 Å². The van der Waals surface area contributed by atoms with Gasteiger partial charge >= 0.3 is 6.61 Å². The number of nitrogens with zero attached hydrogens (tertiary/aromatic N) is 1. The van der Waals surface area contributed by atoms with Crippen molar-refractivity contribution in [2.75, 3.05) is 12.4 Å². The molecule has 31 heavy (non-hydrogen) atoms. The number of amides is 1. The van der Waals surface area contributed by atoms with Crippen LogP contribution in [0.25, 0.3) is 11.1 Å². The fourth-order valence-electron chi connectivity index (χ4n) is 2.85. The van der Waals surface area contributed by atoms with Crippen LogP contribution in [0.3, 0.4) is 0 Å². The number of methoxy groups -OCH3 is 1. The average Bonchev–Trinajstić information content (AvgIpc) is 2.74. The van der Waals surface area contributed by atoms with E-state index in [0.717, 1.165) is 6.07 Å². The Bertz CT molecular complexity index is 1120. The highest BCUT2D eigenvalue weighted by molar-refractivity contribution is 6.31. The van der Waals surface area contributed by atoms with Crippen LogP contribution in [0, 0.1) is 10.1 Å². The van der Waals surface area contributed by atoms with Gasteiger partial charge in [-0.1, -0.05) is 23.7 Å². The number of carbonyl (C=O) groups excluding carboxylic acids is 1. The van der Waals surface area contributed by atoms with Crippen LogP contribution in [0.5, 0.6) is 11.5 Å². The number of halogens is 3. The lowest BCUT2D eigenvalue weighted by Gasteiger charge is -2.14. The van der Waals surface area contributed by atoms with Crippen LogP contribution in [0.4, 0.5) is 20.2 Å². The zero-order chi connectivity index (χ0) is 22.5. The molecule has 0 unspecified atom stereocenters. The molecule has 0 saturated carbocycles. The minimum Gasteiger partial charge on any atom is -0.497 e. The second kappa shape index (κ2) is 9.40. The van der Waals surface area contributed by atoms with E-state index in [2.05, 4.69) is 10.1 Å². The zero-order valence-corrected chi connectivity index (χ0v) is 16.7.